The molecule has 1 aliphatic carbocycles. The number of carbonyl (C=O) groups excluding carboxylic acids is 1. The van der Waals surface area contributed by atoms with E-state index < -0.39 is 18.2 Å². The highest BCUT2D eigenvalue weighted by Crippen LogP contribution is 2.40. The molecule has 9 heteroatoms. The van der Waals surface area contributed by atoms with Crippen molar-refractivity contribution in [3.63, 3.8) is 0 Å². The van der Waals surface area contributed by atoms with E-state index in [1.165, 1.54) is 32.1 Å². The van der Waals surface area contributed by atoms with E-state index in [1.807, 2.05) is 43.4 Å². The lowest BCUT2D eigenvalue weighted by atomic mass is 9.89. The van der Waals surface area contributed by atoms with Crippen LogP contribution in [0.15, 0.2) is 48.5 Å². The zero-order chi connectivity index (χ0) is 27.1. The molecule has 4 rings (SSSR count). The average Bonchev–Trinajstić information content (AvgIpc) is 3.29. The van der Waals surface area contributed by atoms with Gasteiger partial charge in [0.05, 0.1) is 17.8 Å². The molecule has 0 bridgehead atoms. The number of amides is 2. The number of nitrogens with one attached hydrogen (secondary N) is 2. The van der Waals surface area contributed by atoms with Crippen LogP contribution in [0.2, 0.25) is 0 Å². The summed E-state index contributed by atoms with van der Waals surface area (Å²) in [6.07, 6.45) is 4.11. The minimum atomic E-state index is -1.23. The molecule has 1 fully saturated rings. The molecule has 1 heterocycles. The number of nitrogens with zero attached hydrogens (tertiary/aromatic N) is 2. The third-order valence-electron chi connectivity index (χ3n) is 7.63. The molecular weight excluding hydrogens is 484 g/mol. The van der Waals surface area contributed by atoms with E-state index in [0.29, 0.717) is 23.7 Å². The zero-order valence-corrected chi connectivity index (χ0v) is 22.3. The lowest BCUT2D eigenvalue weighted by Crippen LogP contribution is -2.49. The molecule has 0 radical (unpaired) electrons. The molecule has 206 valence electrons. The smallest absolute Gasteiger partial charge is 0.404 e. The lowest BCUT2D eigenvalue weighted by Gasteiger charge is -2.35. The number of fused-ring (bicyclic) bond motifs is 1. The molecule has 38 heavy (non-hydrogen) atoms. The number of ether oxygens (including phenoxy) is 1. The monoisotopic (exact) mass is 524 g/mol. The van der Waals surface area contributed by atoms with E-state index >= 15 is 0 Å². The third kappa shape index (κ3) is 6.96. The molecule has 3 atom stereocenters. The highest BCUT2D eigenvalue weighted by atomic mass is 16.5. The number of hydrogen-bond acceptors (Lipinski definition) is 6. The zero-order valence-electron chi connectivity index (χ0n) is 22.3. The van der Waals surface area contributed by atoms with Crippen molar-refractivity contribution in [1.29, 1.82) is 0 Å². The fourth-order valence-corrected chi connectivity index (χ4v) is 5.36. The number of aliphatic hydroxyl groups is 1. The van der Waals surface area contributed by atoms with Crippen molar-refractivity contribution in [3.05, 3.63) is 59.7 Å². The van der Waals surface area contributed by atoms with Crippen LogP contribution in [0.1, 0.15) is 54.9 Å². The maximum Gasteiger partial charge on any atom is 0.404 e. The third-order valence-corrected chi connectivity index (χ3v) is 7.63. The molecule has 2 aromatic carbocycles. The van der Waals surface area contributed by atoms with Crippen LogP contribution in [-0.4, -0.2) is 72.3 Å². The van der Waals surface area contributed by atoms with Crippen molar-refractivity contribution in [1.82, 2.24) is 15.5 Å². The summed E-state index contributed by atoms with van der Waals surface area (Å²) in [5.41, 5.74) is 2.31. The molecular formula is C29H40N4O5. The van der Waals surface area contributed by atoms with Gasteiger partial charge in [-0.2, -0.15) is 0 Å². The van der Waals surface area contributed by atoms with Gasteiger partial charge in [-0.3, -0.25) is 9.69 Å². The van der Waals surface area contributed by atoms with Crippen molar-refractivity contribution in [2.24, 2.45) is 5.92 Å². The number of anilines is 1. The Morgan fingerprint density at radius 2 is 1.87 bits per heavy atom. The van der Waals surface area contributed by atoms with Gasteiger partial charge in [-0.1, -0.05) is 56.5 Å². The van der Waals surface area contributed by atoms with Crippen molar-refractivity contribution < 1.29 is 24.5 Å². The summed E-state index contributed by atoms with van der Waals surface area (Å²) < 4.78 is 6.33. The number of carbonyl (C=O) groups is 2. The van der Waals surface area contributed by atoms with Gasteiger partial charge in [-0.05, 0) is 56.0 Å². The molecule has 2 aromatic rings. The number of aliphatic hydroxyl groups excluding tert-OH is 1. The van der Waals surface area contributed by atoms with Crippen molar-refractivity contribution in [3.8, 4) is 5.75 Å². The summed E-state index contributed by atoms with van der Waals surface area (Å²) in [5, 5.41) is 25.1. The molecule has 0 spiro atoms. The molecule has 1 aliphatic heterocycles. The van der Waals surface area contributed by atoms with E-state index in [9.17, 15) is 19.8 Å². The fraction of sp³-hybridized carbons (Fsp3) is 0.517. The second-order valence-electron chi connectivity index (χ2n) is 10.4. The van der Waals surface area contributed by atoms with Gasteiger partial charge in [0.2, 0.25) is 6.35 Å². The Morgan fingerprint density at radius 3 is 2.55 bits per heavy atom. The summed E-state index contributed by atoms with van der Waals surface area (Å²) in [4.78, 5) is 28.7. The Kier molecular flexibility index (Phi) is 9.47. The molecule has 2 aliphatic rings. The molecule has 2 amide bonds. The summed E-state index contributed by atoms with van der Waals surface area (Å²) in [6.45, 7) is 3.77. The summed E-state index contributed by atoms with van der Waals surface area (Å²) >= 11 is 0. The first-order chi connectivity index (χ1) is 18.4. The predicted molar refractivity (Wildman–Crippen MR) is 147 cm³/mol. The van der Waals surface area contributed by atoms with Crippen LogP contribution >= 0.6 is 0 Å². The minimum Gasteiger partial charge on any atom is -0.465 e. The SMILES string of the molecule is CCN(C)C1Oc2cc(C(=O)NC[C@H](O)[C@H](Cc3ccccc3)NC(=O)O)ccc2N1CC1CCCCC1. The van der Waals surface area contributed by atoms with Crippen LogP contribution in [0, 0.1) is 5.92 Å². The minimum absolute atomic E-state index is 0.0937. The van der Waals surface area contributed by atoms with Gasteiger partial charge < -0.3 is 30.5 Å². The van der Waals surface area contributed by atoms with E-state index in [0.717, 1.165) is 24.3 Å². The molecule has 0 aromatic heterocycles. The van der Waals surface area contributed by atoms with E-state index in [-0.39, 0.29) is 18.8 Å². The van der Waals surface area contributed by atoms with Crippen molar-refractivity contribution in [2.45, 2.75) is 63.9 Å². The largest absolute Gasteiger partial charge is 0.465 e. The molecule has 9 nitrogen and oxygen atoms in total. The lowest BCUT2D eigenvalue weighted by molar-refractivity contribution is 0.0599. The first kappa shape index (κ1) is 27.7. The van der Waals surface area contributed by atoms with Gasteiger partial charge in [0, 0.05) is 25.2 Å². The van der Waals surface area contributed by atoms with Crippen molar-refractivity contribution >= 4 is 17.7 Å². The second kappa shape index (κ2) is 13.0. The van der Waals surface area contributed by atoms with Gasteiger partial charge in [-0.15, -0.1) is 0 Å². The van der Waals surface area contributed by atoms with Gasteiger partial charge in [-0.25, -0.2) is 4.79 Å². The standard InChI is InChI=1S/C29H40N4O5/c1-3-32(2)29-33(19-21-12-8-5-9-13-21)24-15-14-22(17-26(24)38-29)27(35)30-18-25(34)23(31-28(36)37)16-20-10-6-4-7-11-20/h4,6-7,10-11,14-15,17,21,23,25,29,31,34H,3,5,8-9,12-13,16,18-19H2,1-2H3,(H,30,35)(H,36,37)/t23-,25-,29?/m0/s1. The van der Waals surface area contributed by atoms with Crippen LogP contribution < -0.4 is 20.3 Å². The van der Waals surface area contributed by atoms with Crippen LogP contribution in [-0.2, 0) is 6.42 Å². The van der Waals surface area contributed by atoms with Crippen LogP contribution in [0.3, 0.4) is 0 Å². The van der Waals surface area contributed by atoms with Crippen LogP contribution in [0.4, 0.5) is 10.5 Å². The second-order valence-corrected chi connectivity index (χ2v) is 10.4. The summed E-state index contributed by atoms with van der Waals surface area (Å²) in [6, 6.07) is 14.0. The first-order valence-electron chi connectivity index (χ1n) is 13.6. The average molecular weight is 525 g/mol. The van der Waals surface area contributed by atoms with Gasteiger partial charge in [0.25, 0.3) is 5.91 Å². The first-order valence-corrected chi connectivity index (χ1v) is 13.6. The number of benzene rings is 2. The number of carboxylic acid groups (broad SMARTS) is 1. The molecule has 1 unspecified atom stereocenters. The summed E-state index contributed by atoms with van der Waals surface area (Å²) in [7, 11) is 2.04. The number of hydrogen-bond donors (Lipinski definition) is 4. The fourth-order valence-electron chi connectivity index (χ4n) is 5.36. The van der Waals surface area contributed by atoms with Gasteiger partial charge >= 0.3 is 6.09 Å². The van der Waals surface area contributed by atoms with E-state index in [1.54, 1.807) is 12.1 Å². The quantitative estimate of drug-likeness (QED) is 0.355. The van der Waals surface area contributed by atoms with Gasteiger partial charge in [0.15, 0.2) is 0 Å². The van der Waals surface area contributed by atoms with E-state index in [4.69, 9.17) is 4.74 Å². The van der Waals surface area contributed by atoms with Crippen LogP contribution in [0.25, 0.3) is 0 Å². The normalized spacial score (nSPS) is 18.9. The van der Waals surface area contributed by atoms with Crippen LogP contribution in [0.5, 0.6) is 5.75 Å². The molecule has 1 saturated carbocycles. The highest BCUT2D eigenvalue weighted by Gasteiger charge is 2.35. The van der Waals surface area contributed by atoms with E-state index in [2.05, 4.69) is 27.4 Å². The number of rotatable bonds is 11. The Labute approximate surface area is 224 Å². The predicted octanol–water partition coefficient (Wildman–Crippen LogP) is 3.67. The Balaban J connectivity index is 1.41. The molecule has 0 saturated heterocycles. The molecule has 4 N–H and O–H groups in total. The Bertz CT molecular complexity index is 1080. The maximum atomic E-state index is 13.0. The van der Waals surface area contributed by atoms with Crippen molar-refractivity contribution in [2.75, 3.05) is 31.6 Å². The topological polar surface area (TPSA) is 114 Å². The maximum absolute atomic E-state index is 13.0. The Morgan fingerprint density at radius 1 is 1.13 bits per heavy atom. The Hall–Kier alpha value is -3.30. The van der Waals surface area contributed by atoms with Gasteiger partial charge in [0.1, 0.15) is 5.75 Å². The highest BCUT2D eigenvalue weighted by molar-refractivity contribution is 5.95. The summed E-state index contributed by atoms with van der Waals surface area (Å²) in [5.74, 6) is 0.961.